The molecular weight excluding hydrogens is 246 g/mol. The zero-order valence-corrected chi connectivity index (χ0v) is 11.6. The molecule has 100 valence electrons. The minimum absolute atomic E-state index is 0.761. The van der Waals surface area contributed by atoms with Crippen molar-refractivity contribution in [1.82, 2.24) is 9.80 Å². The van der Waals surface area contributed by atoms with Crippen molar-refractivity contribution in [2.24, 2.45) is 5.73 Å². The van der Waals surface area contributed by atoms with Crippen LogP contribution >= 0.6 is 11.6 Å². The summed E-state index contributed by atoms with van der Waals surface area (Å²) in [5, 5.41) is 0.809. The van der Waals surface area contributed by atoms with Crippen molar-refractivity contribution in [2.45, 2.75) is 13.0 Å². The first-order chi connectivity index (χ1) is 8.78. The standard InChI is InChI=1S/C14H22ClN3/c15-14-4-2-13(3-5-14)12-18-8-1-7-17(9-6-16)10-11-18/h2-5H,1,6-12,16H2. The number of nitrogens with zero attached hydrogens (tertiary/aromatic N) is 2. The van der Waals surface area contributed by atoms with E-state index in [1.54, 1.807) is 0 Å². The summed E-state index contributed by atoms with van der Waals surface area (Å²) in [6.07, 6.45) is 1.23. The zero-order valence-electron chi connectivity index (χ0n) is 10.8. The van der Waals surface area contributed by atoms with Gasteiger partial charge < -0.3 is 10.6 Å². The molecule has 3 nitrogen and oxygen atoms in total. The molecule has 0 aromatic heterocycles. The first kappa shape index (κ1) is 13.8. The molecule has 18 heavy (non-hydrogen) atoms. The summed E-state index contributed by atoms with van der Waals surface area (Å²) in [7, 11) is 0. The molecule has 0 atom stereocenters. The van der Waals surface area contributed by atoms with Crippen molar-refractivity contribution in [3.63, 3.8) is 0 Å². The minimum atomic E-state index is 0.761. The fraction of sp³-hybridized carbons (Fsp3) is 0.571. The number of benzene rings is 1. The van der Waals surface area contributed by atoms with Gasteiger partial charge in [-0.1, -0.05) is 23.7 Å². The van der Waals surface area contributed by atoms with Crippen LogP contribution in [0.25, 0.3) is 0 Å². The first-order valence-corrected chi connectivity index (χ1v) is 7.05. The molecule has 2 N–H and O–H groups in total. The van der Waals surface area contributed by atoms with Gasteiger partial charge in [-0.3, -0.25) is 4.90 Å². The second-order valence-corrected chi connectivity index (χ2v) is 5.32. The Labute approximate surface area is 115 Å². The lowest BCUT2D eigenvalue weighted by Gasteiger charge is -2.21. The summed E-state index contributed by atoms with van der Waals surface area (Å²) in [4.78, 5) is 4.97. The SMILES string of the molecule is NCCN1CCCN(Cc2ccc(Cl)cc2)CC1. The van der Waals surface area contributed by atoms with Crippen molar-refractivity contribution in [3.8, 4) is 0 Å². The Hall–Kier alpha value is -0.610. The van der Waals surface area contributed by atoms with Gasteiger partial charge >= 0.3 is 0 Å². The van der Waals surface area contributed by atoms with E-state index >= 15 is 0 Å². The van der Waals surface area contributed by atoms with Gasteiger partial charge in [0.15, 0.2) is 0 Å². The average Bonchev–Trinajstić information content (AvgIpc) is 2.59. The zero-order chi connectivity index (χ0) is 12.8. The van der Waals surface area contributed by atoms with Crippen molar-refractivity contribution < 1.29 is 0 Å². The lowest BCUT2D eigenvalue weighted by atomic mass is 10.2. The highest BCUT2D eigenvalue weighted by Gasteiger charge is 2.14. The van der Waals surface area contributed by atoms with Crippen LogP contribution in [0.3, 0.4) is 0 Å². The molecule has 1 aliphatic rings. The molecule has 0 aliphatic carbocycles. The predicted octanol–water partition coefficient (Wildman–Crippen LogP) is 1.81. The van der Waals surface area contributed by atoms with Gasteiger partial charge in [0, 0.05) is 37.7 Å². The molecule has 1 heterocycles. The van der Waals surface area contributed by atoms with E-state index in [2.05, 4.69) is 21.9 Å². The lowest BCUT2D eigenvalue weighted by Crippen LogP contribution is -2.33. The van der Waals surface area contributed by atoms with E-state index in [1.807, 2.05) is 12.1 Å². The summed E-state index contributed by atoms with van der Waals surface area (Å²) in [6, 6.07) is 8.17. The quantitative estimate of drug-likeness (QED) is 0.903. The molecule has 0 saturated carbocycles. The molecule has 1 saturated heterocycles. The summed E-state index contributed by atoms with van der Waals surface area (Å²) < 4.78 is 0. The molecule has 1 fully saturated rings. The lowest BCUT2D eigenvalue weighted by molar-refractivity contribution is 0.255. The molecule has 1 aromatic carbocycles. The smallest absolute Gasteiger partial charge is 0.0406 e. The third kappa shape index (κ3) is 4.25. The van der Waals surface area contributed by atoms with Crippen LogP contribution in [0.5, 0.6) is 0 Å². The van der Waals surface area contributed by atoms with Crippen LogP contribution in [-0.2, 0) is 6.54 Å². The van der Waals surface area contributed by atoms with Crippen LogP contribution in [0.2, 0.25) is 5.02 Å². The maximum absolute atomic E-state index is 5.90. The normalized spacial score (nSPS) is 18.8. The molecule has 0 amide bonds. The van der Waals surface area contributed by atoms with Crippen LogP contribution in [0.15, 0.2) is 24.3 Å². The van der Waals surface area contributed by atoms with Crippen molar-refractivity contribution in [3.05, 3.63) is 34.9 Å². The Bertz CT molecular complexity index is 353. The van der Waals surface area contributed by atoms with Crippen LogP contribution in [0.1, 0.15) is 12.0 Å². The molecule has 1 aromatic rings. The van der Waals surface area contributed by atoms with Crippen molar-refractivity contribution in [2.75, 3.05) is 39.3 Å². The summed E-state index contributed by atoms with van der Waals surface area (Å²) in [5.74, 6) is 0. The largest absolute Gasteiger partial charge is 0.329 e. The van der Waals surface area contributed by atoms with Gasteiger partial charge in [-0.25, -0.2) is 0 Å². The molecule has 0 bridgehead atoms. The topological polar surface area (TPSA) is 32.5 Å². The Morgan fingerprint density at radius 2 is 1.67 bits per heavy atom. The van der Waals surface area contributed by atoms with Gasteiger partial charge in [0.2, 0.25) is 0 Å². The summed E-state index contributed by atoms with van der Waals surface area (Å²) >= 11 is 5.90. The van der Waals surface area contributed by atoms with Gasteiger partial charge in [-0.05, 0) is 37.2 Å². The Balaban J connectivity index is 1.84. The number of halogens is 1. The molecule has 0 unspecified atom stereocenters. The third-order valence-electron chi connectivity index (χ3n) is 3.45. The first-order valence-electron chi connectivity index (χ1n) is 6.67. The monoisotopic (exact) mass is 267 g/mol. The third-order valence-corrected chi connectivity index (χ3v) is 3.70. The molecule has 0 spiro atoms. The number of hydrogen-bond acceptors (Lipinski definition) is 3. The maximum atomic E-state index is 5.90. The Kier molecular flexibility index (Phi) is 5.45. The summed E-state index contributed by atoms with van der Waals surface area (Å²) in [5.41, 5.74) is 6.95. The van der Waals surface area contributed by atoms with Crippen molar-refractivity contribution in [1.29, 1.82) is 0 Å². The van der Waals surface area contributed by atoms with E-state index in [9.17, 15) is 0 Å². The highest BCUT2D eigenvalue weighted by molar-refractivity contribution is 6.30. The summed E-state index contributed by atoms with van der Waals surface area (Å²) in [6.45, 7) is 7.41. The Morgan fingerprint density at radius 1 is 1.00 bits per heavy atom. The van der Waals surface area contributed by atoms with E-state index in [-0.39, 0.29) is 0 Å². The molecule has 1 aliphatic heterocycles. The Morgan fingerprint density at radius 3 is 2.39 bits per heavy atom. The average molecular weight is 268 g/mol. The number of nitrogens with two attached hydrogens (primary N) is 1. The number of rotatable bonds is 4. The minimum Gasteiger partial charge on any atom is -0.329 e. The van der Waals surface area contributed by atoms with E-state index in [0.29, 0.717) is 0 Å². The van der Waals surface area contributed by atoms with Crippen LogP contribution in [-0.4, -0.2) is 49.1 Å². The maximum Gasteiger partial charge on any atom is 0.0406 e. The van der Waals surface area contributed by atoms with Gasteiger partial charge in [0.25, 0.3) is 0 Å². The fourth-order valence-electron chi connectivity index (χ4n) is 2.44. The molecule has 2 rings (SSSR count). The van der Waals surface area contributed by atoms with E-state index in [4.69, 9.17) is 17.3 Å². The van der Waals surface area contributed by atoms with E-state index < -0.39 is 0 Å². The van der Waals surface area contributed by atoms with E-state index in [0.717, 1.165) is 37.7 Å². The molecule has 4 heteroatoms. The number of hydrogen-bond donors (Lipinski definition) is 1. The van der Waals surface area contributed by atoms with Gasteiger partial charge in [0.05, 0.1) is 0 Å². The van der Waals surface area contributed by atoms with E-state index in [1.165, 1.54) is 25.1 Å². The van der Waals surface area contributed by atoms with Crippen LogP contribution < -0.4 is 5.73 Å². The fourth-order valence-corrected chi connectivity index (χ4v) is 2.56. The van der Waals surface area contributed by atoms with Crippen LogP contribution in [0.4, 0.5) is 0 Å². The van der Waals surface area contributed by atoms with Gasteiger partial charge in [0.1, 0.15) is 0 Å². The van der Waals surface area contributed by atoms with Crippen LogP contribution in [0, 0.1) is 0 Å². The van der Waals surface area contributed by atoms with Gasteiger partial charge in [-0.15, -0.1) is 0 Å². The second kappa shape index (κ2) is 7.10. The highest BCUT2D eigenvalue weighted by Crippen LogP contribution is 2.12. The second-order valence-electron chi connectivity index (χ2n) is 4.89. The molecular formula is C14H22ClN3. The van der Waals surface area contributed by atoms with Crippen molar-refractivity contribution >= 4 is 11.6 Å². The molecule has 0 radical (unpaired) electrons. The highest BCUT2D eigenvalue weighted by atomic mass is 35.5. The predicted molar refractivity (Wildman–Crippen MR) is 76.8 cm³/mol. The van der Waals surface area contributed by atoms with Gasteiger partial charge in [-0.2, -0.15) is 0 Å².